The lowest BCUT2D eigenvalue weighted by Gasteiger charge is -2.23. The van der Waals surface area contributed by atoms with Crippen LogP contribution in [0.2, 0.25) is 0 Å². The standard InChI is InChI=1S/C11H14N4O2/c1-8(2)6-15(7-11(16)17)10-5-13-9(3-12)4-14-10/h4-5,8H,6-7H2,1-2H3,(H,16,17). The van der Waals surface area contributed by atoms with Gasteiger partial charge in [-0.2, -0.15) is 5.26 Å². The first kappa shape index (κ1) is 12.9. The van der Waals surface area contributed by atoms with E-state index in [4.69, 9.17) is 10.4 Å². The highest BCUT2D eigenvalue weighted by Gasteiger charge is 2.13. The van der Waals surface area contributed by atoms with Crippen molar-refractivity contribution in [1.29, 1.82) is 5.26 Å². The van der Waals surface area contributed by atoms with E-state index in [1.165, 1.54) is 12.4 Å². The molecule has 17 heavy (non-hydrogen) atoms. The third-order valence-electron chi connectivity index (χ3n) is 1.99. The molecule has 0 aromatic carbocycles. The van der Waals surface area contributed by atoms with E-state index in [1.54, 1.807) is 4.90 Å². The molecule has 0 aliphatic heterocycles. The normalized spacial score (nSPS) is 10.0. The Hall–Kier alpha value is -2.16. The maximum absolute atomic E-state index is 10.7. The minimum absolute atomic E-state index is 0.126. The number of carboxylic acids is 1. The van der Waals surface area contributed by atoms with Crippen molar-refractivity contribution in [2.75, 3.05) is 18.0 Å². The molecule has 0 fully saturated rings. The molecular weight excluding hydrogens is 220 g/mol. The molecule has 0 amide bonds. The summed E-state index contributed by atoms with van der Waals surface area (Å²) in [5, 5.41) is 17.4. The highest BCUT2D eigenvalue weighted by Crippen LogP contribution is 2.11. The number of hydrogen-bond acceptors (Lipinski definition) is 5. The second-order valence-electron chi connectivity index (χ2n) is 4.04. The number of rotatable bonds is 5. The Balaban J connectivity index is 2.87. The molecule has 0 unspecified atom stereocenters. The molecule has 1 heterocycles. The zero-order chi connectivity index (χ0) is 12.8. The predicted molar refractivity (Wildman–Crippen MR) is 61.4 cm³/mol. The van der Waals surface area contributed by atoms with Gasteiger partial charge in [0.2, 0.25) is 0 Å². The summed E-state index contributed by atoms with van der Waals surface area (Å²) < 4.78 is 0. The summed E-state index contributed by atoms with van der Waals surface area (Å²) in [7, 11) is 0. The smallest absolute Gasteiger partial charge is 0.323 e. The van der Waals surface area contributed by atoms with Gasteiger partial charge in [0.05, 0.1) is 12.4 Å². The second-order valence-corrected chi connectivity index (χ2v) is 4.04. The minimum atomic E-state index is -0.920. The van der Waals surface area contributed by atoms with E-state index in [0.29, 0.717) is 18.3 Å². The van der Waals surface area contributed by atoms with Gasteiger partial charge in [0.15, 0.2) is 5.69 Å². The molecule has 1 N–H and O–H groups in total. The Labute approximate surface area is 99.5 Å². The molecule has 1 rings (SSSR count). The Morgan fingerprint density at radius 1 is 1.53 bits per heavy atom. The van der Waals surface area contributed by atoms with Gasteiger partial charge in [-0.3, -0.25) is 4.79 Å². The molecule has 0 aliphatic rings. The van der Waals surface area contributed by atoms with Crippen LogP contribution in [0.15, 0.2) is 12.4 Å². The molecule has 1 aromatic rings. The van der Waals surface area contributed by atoms with Gasteiger partial charge in [0.1, 0.15) is 18.4 Å². The maximum atomic E-state index is 10.7. The number of nitriles is 1. The number of aromatic nitrogens is 2. The van der Waals surface area contributed by atoms with Gasteiger partial charge in [0.25, 0.3) is 0 Å². The summed E-state index contributed by atoms with van der Waals surface area (Å²) in [6, 6.07) is 1.87. The van der Waals surface area contributed by atoms with E-state index in [2.05, 4.69) is 9.97 Å². The average molecular weight is 234 g/mol. The molecule has 6 nitrogen and oxygen atoms in total. The lowest BCUT2D eigenvalue weighted by Crippen LogP contribution is -2.33. The number of aliphatic carboxylic acids is 1. The molecule has 0 radical (unpaired) electrons. The van der Waals surface area contributed by atoms with Crippen molar-refractivity contribution in [1.82, 2.24) is 9.97 Å². The van der Waals surface area contributed by atoms with E-state index in [1.807, 2.05) is 19.9 Å². The highest BCUT2D eigenvalue weighted by molar-refractivity contribution is 5.73. The van der Waals surface area contributed by atoms with Crippen molar-refractivity contribution in [3.63, 3.8) is 0 Å². The number of hydrogen-bond donors (Lipinski definition) is 1. The molecule has 0 saturated heterocycles. The first-order chi connectivity index (χ1) is 8.02. The predicted octanol–water partition coefficient (Wildman–Crippen LogP) is 0.895. The molecule has 0 saturated carbocycles. The van der Waals surface area contributed by atoms with Crippen molar-refractivity contribution in [3.8, 4) is 6.07 Å². The van der Waals surface area contributed by atoms with E-state index in [-0.39, 0.29) is 12.2 Å². The molecule has 0 aliphatic carbocycles. The molecule has 0 spiro atoms. The van der Waals surface area contributed by atoms with Crippen LogP contribution in [0.3, 0.4) is 0 Å². The van der Waals surface area contributed by atoms with Crippen LogP contribution in [-0.2, 0) is 4.79 Å². The summed E-state index contributed by atoms with van der Waals surface area (Å²) in [5.74, 6) is -0.135. The Bertz CT molecular complexity index is 422. The lowest BCUT2D eigenvalue weighted by molar-refractivity contribution is -0.135. The zero-order valence-electron chi connectivity index (χ0n) is 9.79. The largest absolute Gasteiger partial charge is 0.480 e. The van der Waals surface area contributed by atoms with E-state index in [9.17, 15) is 4.79 Å². The van der Waals surface area contributed by atoms with Crippen LogP contribution in [-0.4, -0.2) is 34.1 Å². The van der Waals surface area contributed by atoms with E-state index >= 15 is 0 Å². The third-order valence-corrected chi connectivity index (χ3v) is 1.99. The van der Waals surface area contributed by atoms with E-state index < -0.39 is 5.97 Å². The Morgan fingerprint density at radius 2 is 2.24 bits per heavy atom. The molecule has 1 aromatic heterocycles. The molecule has 6 heteroatoms. The topological polar surface area (TPSA) is 90.1 Å². The number of carboxylic acid groups (broad SMARTS) is 1. The van der Waals surface area contributed by atoms with Gasteiger partial charge in [-0.15, -0.1) is 0 Å². The number of nitrogens with zero attached hydrogens (tertiary/aromatic N) is 4. The van der Waals surface area contributed by atoms with Crippen LogP contribution in [0.5, 0.6) is 0 Å². The fraction of sp³-hybridized carbons (Fsp3) is 0.455. The number of anilines is 1. The SMILES string of the molecule is CC(C)CN(CC(=O)O)c1cnc(C#N)cn1. The van der Waals surface area contributed by atoms with Gasteiger partial charge in [-0.1, -0.05) is 13.8 Å². The van der Waals surface area contributed by atoms with E-state index in [0.717, 1.165) is 0 Å². The Kier molecular flexibility index (Phi) is 4.40. The summed E-state index contributed by atoms with van der Waals surface area (Å²) >= 11 is 0. The number of carbonyl (C=O) groups is 1. The van der Waals surface area contributed by atoms with Crippen molar-refractivity contribution < 1.29 is 9.90 Å². The summed E-state index contributed by atoms with van der Waals surface area (Å²) in [5.41, 5.74) is 0.216. The first-order valence-electron chi connectivity index (χ1n) is 5.21. The van der Waals surface area contributed by atoms with Crippen LogP contribution in [0, 0.1) is 17.2 Å². The van der Waals surface area contributed by atoms with Crippen molar-refractivity contribution in [2.45, 2.75) is 13.8 Å². The van der Waals surface area contributed by atoms with Crippen LogP contribution >= 0.6 is 0 Å². The molecule has 0 atom stereocenters. The average Bonchev–Trinajstić information content (AvgIpc) is 2.27. The van der Waals surface area contributed by atoms with Gasteiger partial charge in [-0.05, 0) is 5.92 Å². The van der Waals surface area contributed by atoms with Crippen LogP contribution in [0.4, 0.5) is 5.82 Å². The summed E-state index contributed by atoms with van der Waals surface area (Å²) in [6.07, 6.45) is 2.76. The fourth-order valence-electron chi connectivity index (χ4n) is 1.39. The second kappa shape index (κ2) is 5.80. The lowest BCUT2D eigenvalue weighted by atomic mass is 10.2. The van der Waals surface area contributed by atoms with Gasteiger partial charge < -0.3 is 10.0 Å². The van der Waals surface area contributed by atoms with Crippen molar-refractivity contribution >= 4 is 11.8 Å². The highest BCUT2D eigenvalue weighted by atomic mass is 16.4. The monoisotopic (exact) mass is 234 g/mol. The van der Waals surface area contributed by atoms with Crippen molar-refractivity contribution in [2.24, 2.45) is 5.92 Å². The van der Waals surface area contributed by atoms with Crippen LogP contribution in [0.25, 0.3) is 0 Å². The molecule has 90 valence electrons. The first-order valence-corrected chi connectivity index (χ1v) is 5.21. The fourth-order valence-corrected chi connectivity index (χ4v) is 1.39. The molecular formula is C11H14N4O2. The van der Waals surface area contributed by atoms with Gasteiger partial charge >= 0.3 is 5.97 Å². The zero-order valence-corrected chi connectivity index (χ0v) is 9.79. The van der Waals surface area contributed by atoms with Crippen molar-refractivity contribution in [3.05, 3.63) is 18.1 Å². The summed E-state index contributed by atoms with van der Waals surface area (Å²) in [4.78, 5) is 20.3. The third kappa shape index (κ3) is 4.07. The minimum Gasteiger partial charge on any atom is -0.480 e. The summed E-state index contributed by atoms with van der Waals surface area (Å²) in [6.45, 7) is 4.43. The van der Waals surface area contributed by atoms with Gasteiger partial charge in [0, 0.05) is 6.54 Å². The van der Waals surface area contributed by atoms with Crippen LogP contribution in [0.1, 0.15) is 19.5 Å². The van der Waals surface area contributed by atoms with Gasteiger partial charge in [-0.25, -0.2) is 9.97 Å². The quantitative estimate of drug-likeness (QED) is 0.813. The maximum Gasteiger partial charge on any atom is 0.323 e. The Morgan fingerprint density at radius 3 is 2.65 bits per heavy atom. The molecule has 0 bridgehead atoms. The van der Waals surface area contributed by atoms with Crippen LogP contribution < -0.4 is 4.90 Å².